The first-order valence-corrected chi connectivity index (χ1v) is 10.9. The monoisotopic (exact) mass is 428 g/mol. The third-order valence-electron chi connectivity index (χ3n) is 6.04. The molecule has 162 valence electrons. The van der Waals surface area contributed by atoms with Gasteiger partial charge < -0.3 is 10.5 Å². The predicted molar refractivity (Wildman–Crippen MR) is 123 cm³/mol. The highest BCUT2D eigenvalue weighted by Crippen LogP contribution is 2.33. The van der Waals surface area contributed by atoms with E-state index in [9.17, 15) is 9.59 Å². The van der Waals surface area contributed by atoms with Gasteiger partial charge in [-0.25, -0.2) is 14.8 Å². The van der Waals surface area contributed by atoms with Gasteiger partial charge in [-0.05, 0) is 56.9 Å². The second-order valence-electron chi connectivity index (χ2n) is 8.25. The number of Topliss-reactive ketones (excluding diaryl/α,β-unsaturated/α-hetero) is 1. The van der Waals surface area contributed by atoms with Gasteiger partial charge >= 0.3 is 5.97 Å². The van der Waals surface area contributed by atoms with E-state index < -0.39 is 5.97 Å². The maximum atomic E-state index is 13.3. The number of nitrogen functional groups attached to an aromatic ring is 1. The molecule has 0 aliphatic heterocycles. The summed E-state index contributed by atoms with van der Waals surface area (Å²) in [6.07, 6.45) is 4.89. The zero-order valence-corrected chi connectivity index (χ0v) is 17.9. The van der Waals surface area contributed by atoms with Gasteiger partial charge in [-0.1, -0.05) is 30.7 Å². The van der Waals surface area contributed by atoms with Crippen molar-refractivity contribution in [3.05, 3.63) is 59.7 Å². The molecule has 32 heavy (non-hydrogen) atoms. The number of rotatable bonds is 4. The van der Waals surface area contributed by atoms with Crippen molar-refractivity contribution in [2.45, 2.75) is 45.1 Å². The molecule has 1 saturated carbocycles. The summed E-state index contributed by atoms with van der Waals surface area (Å²) in [6.45, 7) is 1.51. The number of ether oxygens (including phenoxy) is 1. The molecule has 0 unspecified atom stereocenters. The van der Waals surface area contributed by atoms with Crippen molar-refractivity contribution in [3.63, 3.8) is 0 Å². The van der Waals surface area contributed by atoms with Crippen LogP contribution in [0.2, 0.25) is 0 Å². The highest BCUT2D eigenvalue weighted by atomic mass is 16.5. The van der Waals surface area contributed by atoms with Gasteiger partial charge in [-0.3, -0.25) is 9.36 Å². The molecule has 1 aliphatic rings. The van der Waals surface area contributed by atoms with Crippen molar-refractivity contribution in [2.24, 2.45) is 0 Å². The molecule has 2 aromatic carbocycles. The Morgan fingerprint density at radius 2 is 1.72 bits per heavy atom. The van der Waals surface area contributed by atoms with Crippen molar-refractivity contribution in [3.8, 4) is 5.69 Å². The number of hydrogen-bond acceptors (Lipinski definition) is 6. The maximum Gasteiger partial charge on any atom is 0.344 e. The summed E-state index contributed by atoms with van der Waals surface area (Å²) < 4.78 is 7.51. The summed E-state index contributed by atoms with van der Waals surface area (Å²) in [5.74, 6) is -0.336. The molecule has 2 N–H and O–H groups in total. The molecule has 0 spiro atoms. The lowest BCUT2D eigenvalue weighted by Gasteiger charge is -2.21. The van der Waals surface area contributed by atoms with Crippen molar-refractivity contribution < 1.29 is 14.3 Å². The fourth-order valence-electron chi connectivity index (χ4n) is 4.38. The first-order chi connectivity index (χ1) is 15.5. The van der Waals surface area contributed by atoms with Gasteiger partial charge in [-0.2, -0.15) is 0 Å². The van der Waals surface area contributed by atoms with Crippen LogP contribution in [-0.2, 0) is 4.74 Å². The molecule has 7 heteroatoms. The van der Waals surface area contributed by atoms with Crippen molar-refractivity contribution >= 4 is 39.8 Å². The Balaban J connectivity index is 1.72. The number of ketones is 1. The Morgan fingerprint density at radius 1 is 1.00 bits per heavy atom. The van der Waals surface area contributed by atoms with Crippen LogP contribution >= 0.6 is 0 Å². The number of benzene rings is 2. The third kappa shape index (κ3) is 3.49. The molecule has 0 amide bonds. The topological polar surface area (TPSA) is 100 Å². The molecule has 7 nitrogen and oxygen atoms in total. The fourth-order valence-corrected chi connectivity index (χ4v) is 4.38. The number of anilines is 1. The Labute approximate surface area is 185 Å². The smallest absolute Gasteiger partial charge is 0.344 e. The zero-order valence-electron chi connectivity index (χ0n) is 17.9. The lowest BCUT2D eigenvalue weighted by molar-refractivity contribution is 0.0214. The van der Waals surface area contributed by atoms with Crippen LogP contribution in [0.3, 0.4) is 0 Å². The van der Waals surface area contributed by atoms with E-state index in [1.165, 1.54) is 13.3 Å². The van der Waals surface area contributed by atoms with Crippen LogP contribution in [0.25, 0.3) is 27.9 Å². The first kappa shape index (κ1) is 20.2. The van der Waals surface area contributed by atoms with Crippen LogP contribution in [0.5, 0.6) is 0 Å². The minimum absolute atomic E-state index is 0.0599. The molecular weight excluding hydrogens is 404 g/mol. The summed E-state index contributed by atoms with van der Waals surface area (Å²) in [5.41, 5.74) is 10.2. The van der Waals surface area contributed by atoms with Gasteiger partial charge in [0.2, 0.25) is 0 Å². The molecule has 0 radical (unpaired) electrons. The highest BCUT2D eigenvalue weighted by molar-refractivity contribution is 6.09. The number of carbonyl (C=O) groups excluding carboxylic acids is 2. The summed E-state index contributed by atoms with van der Waals surface area (Å²) >= 11 is 0. The van der Waals surface area contributed by atoms with E-state index in [0.717, 1.165) is 25.7 Å². The Bertz CT molecular complexity index is 1350. The average Bonchev–Trinajstić information content (AvgIpc) is 3.09. The number of aromatic nitrogens is 3. The van der Waals surface area contributed by atoms with Gasteiger partial charge in [0.1, 0.15) is 23.0 Å². The van der Waals surface area contributed by atoms with Crippen LogP contribution in [0.4, 0.5) is 5.82 Å². The van der Waals surface area contributed by atoms with E-state index >= 15 is 0 Å². The van der Waals surface area contributed by atoms with Crippen LogP contribution in [-0.4, -0.2) is 32.4 Å². The maximum absolute atomic E-state index is 13.3. The molecule has 0 saturated heterocycles. The molecular formula is C25H24N4O3. The largest absolute Gasteiger partial charge is 0.459 e. The highest BCUT2D eigenvalue weighted by Gasteiger charge is 2.28. The first-order valence-electron chi connectivity index (χ1n) is 10.9. The fraction of sp³-hybridized carbons (Fsp3) is 0.280. The second kappa shape index (κ2) is 8.07. The van der Waals surface area contributed by atoms with E-state index in [1.54, 1.807) is 22.8 Å². The van der Waals surface area contributed by atoms with Crippen molar-refractivity contribution in [1.29, 1.82) is 0 Å². The molecule has 1 aliphatic carbocycles. The summed E-state index contributed by atoms with van der Waals surface area (Å²) in [7, 11) is 0. The Morgan fingerprint density at radius 3 is 2.44 bits per heavy atom. The van der Waals surface area contributed by atoms with Gasteiger partial charge in [0.15, 0.2) is 11.4 Å². The minimum Gasteiger partial charge on any atom is -0.459 e. The van der Waals surface area contributed by atoms with Gasteiger partial charge in [-0.15, -0.1) is 0 Å². The van der Waals surface area contributed by atoms with Gasteiger partial charge in [0.05, 0.1) is 11.0 Å². The zero-order chi connectivity index (χ0) is 22.2. The summed E-state index contributed by atoms with van der Waals surface area (Å²) in [4.78, 5) is 34.7. The normalized spacial score (nSPS) is 14.7. The van der Waals surface area contributed by atoms with Crippen molar-refractivity contribution in [1.82, 2.24) is 14.5 Å². The van der Waals surface area contributed by atoms with Crippen LogP contribution in [0.15, 0.2) is 48.5 Å². The third-order valence-corrected chi connectivity index (χ3v) is 6.04. The van der Waals surface area contributed by atoms with Crippen molar-refractivity contribution in [2.75, 3.05) is 5.73 Å². The number of fused-ring (bicyclic) bond motifs is 2. The minimum atomic E-state index is -0.481. The lowest BCUT2D eigenvalue weighted by Crippen LogP contribution is -2.21. The number of nitrogens with zero attached hydrogens (tertiary/aromatic N) is 3. The SMILES string of the molecule is CC(=O)c1cccc(-n2c(N)c(C(=O)OC3CCCCC3)c3nc4ccccc4nc32)c1. The van der Waals surface area contributed by atoms with Crippen LogP contribution in [0, 0.1) is 0 Å². The van der Waals surface area contributed by atoms with Gasteiger partial charge in [0, 0.05) is 11.3 Å². The molecule has 0 atom stereocenters. The van der Waals surface area contributed by atoms with Crippen LogP contribution in [0.1, 0.15) is 59.7 Å². The van der Waals surface area contributed by atoms with Crippen LogP contribution < -0.4 is 5.73 Å². The molecule has 2 aromatic heterocycles. The molecule has 2 heterocycles. The second-order valence-corrected chi connectivity index (χ2v) is 8.25. The molecule has 5 rings (SSSR count). The Hall–Kier alpha value is -3.74. The standard InChI is InChI=1S/C25H24N4O3/c1-15(30)16-8-7-9-17(14-16)29-23(26)21(25(31)32-18-10-3-2-4-11-18)22-24(29)28-20-13-6-5-12-19(20)27-22/h5-9,12-14,18H,2-4,10-11,26H2,1H3. The molecule has 4 aromatic rings. The molecule has 1 fully saturated rings. The number of para-hydroxylation sites is 2. The lowest BCUT2D eigenvalue weighted by atomic mass is 9.98. The van der Waals surface area contributed by atoms with E-state index in [4.69, 9.17) is 20.4 Å². The van der Waals surface area contributed by atoms with Gasteiger partial charge in [0.25, 0.3) is 0 Å². The average molecular weight is 428 g/mol. The molecule has 0 bridgehead atoms. The van der Waals surface area contributed by atoms with E-state index in [1.807, 2.05) is 30.3 Å². The predicted octanol–water partition coefficient (Wildman–Crippen LogP) is 4.85. The summed E-state index contributed by atoms with van der Waals surface area (Å²) in [6, 6.07) is 14.6. The number of carbonyl (C=O) groups is 2. The van der Waals surface area contributed by atoms with E-state index in [0.29, 0.717) is 33.4 Å². The number of nitrogens with two attached hydrogens (primary N) is 1. The number of hydrogen-bond donors (Lipinski definition) is 1. The van der Waals surface area contributed by atoms with E-state index in [2.05, 4.69) is 0 Å². The summed E-state index contributed by atoms with van der Waals surface area (Å²) in [5, 5.41) is 0. The number of esters is 1. The van der Waals surface area contributed by atoms with E-state index in [-0.39, 0.29) is 23.3 Å². The Kier molecular flexibility index (Phi) is 5.09. The quantitative estimate of drug-likeness (QED) is 0.368.